The molecule has 0 heterocycles. The van der Waals surface area contributed by atoms with E-state index in [9.17, 15) is 9.13 Å². The number of hydrogen-bond acceptors (Lipinski definition) is 5. The summed E-state index contributed by atoms with van der Waals surface area (Å²) < 4.78 is 25.8. The fourth-order valence-corrected chi connectivity index (χ4v) is 0.647. The molecule has 6 nitrogen and oxygen atoms in total. The third-order valence-electron chi connectivity index (χ3n) is 0.203. The molecule has 0 fully saturated rings. The first-order valence-corrected chi connectivity index (χ1v) is 3.52. The van der Waals surface area contributed by atoms with Crippen molar-refractivity contribution in [2.45, 2.75) is 7.43 Å². The van der Waals surface area contributed by atoms with Crippen LogP contribution in [-0.2, 0) is 18.1 Å². The van der Waals surface area contributed by atoms with E-state index in [4.69, 9.17) is 10.2 Å². The van der Waals surface area contributed by atoms with Crippen LogP contribution in [0.2, 0.25) is 0 Å². The summed E-state index contributed by atoms with van der Waals surface area (Å²) in [4.78, 5) is 7.77. The summed E-state index contributed by atoms with van der Waals surface area (Å²) in [5, 5.41) is 7.44. The molecule has 8 heteroatoms. The lowest BCUT2D eigenvalue weighted by atomic mass is 12.0. The van der Waals surface area contributed by atoms with Gasteiger partial charge in [-0.1, -0.05) is 7.43 Å². The molecule has 0 aromatic carbocycles. The third-order valence-corrected chi connectivity index (χ3v) is 1.43. The van der Waals surface area contributed by atoms with Crippen molar-refractivity contribution < 1.29 is 28.3 Å². The largest absolute Gasteiger partial charge is 0.778 e. The van der Waals surface area contributed by atoms with Crippen molar-refractivity contribution in [2.24, 2.45) is 0 Å². The quantitative estimate of drug-likeness (QED) is 0.383. The molecule has 0 saturated carbocycles. The van der Waals surface area contributed by atoms with Crippen LogP contribution in [0.3, 0.4) is 0 Å². The topological polar surface area (TPSA) is 93.1 Å². The van der Waals surface area contributed by atoms with Crippen molar-refractivity contribution >= 4 is 16.5 Å². The average molecular weight is 176 g/mol. The number of rotatable bonds is 3. The van der Waals surface area contributed by atoms with Crippen LogP contribution in [0.4, 0.5) is 0 Å². The van der Waals surface area contributed by atoms with E-state index in [1.165, 1.54) is 0 Å². The minimum Gasteiger partial charge on any atom is -0.202 e. The molecule has 0 radical (unpaired) electrons. The molecular formula is CH6O6P2+2. The highest BCUT2D eigenvalue weighted by Gasteiger charge is 2.36. The summed E-state index contributed by atoms with van der Waals surface area (Å²) in [5.74, 6) is 0. The Morgan fingerprint density at radius 3 is 1.89 bits per heavy atom. The Bertz CT molecular complexity index is 110. The van der Waals surface area contributed by atoms with Crippen molar-refractivity contribution in [3.8, 4) is 0 Å². The normalized spacial score (nSPS) is 11.8. The molecule has 0 rings (SSSR count). The van der Waals surface area contributed by atoms with Gasteiger partial charge in [0.15, 0.2) is 4.31 Å². The molecule has 2 atom stereocenters. The molecule has 9 heavy (non-hydrogen) atoms. The zero-order valence-electron chi connectivity index (χ0n) is 3.42. The molecule has 0 spiro atoms. The Hall–Kier alpha value is 0.0400. The van der Waals surface area contributed by atoms with Gasteiger partial charge < -0.3 is 0 Å². The second-order valence-electron chi connectivity index (χ2n) is 0.625. The van der Waals surface area contributed by atoms with Gasteiger partial charge in [0, 0.05) is 9.13 Å². The Balaban J connectivity index is 0. The molecule has 0 aliphatic heterocycles. The number of hydrogen-bond donors (Lipinski definition) is 2. The molecule has 54 valence electrons. The van der Waals surface area contributed by atoms with Crippen LogP contribution in [0.1, 0.15) is 7.43 Å². The molecule has 0 aromatic rings. The highest BCUT2D eigenvalue weighted by Crippen LogP contribution is 2.34. The fourth-order valence-electron chi connectivity index (χ4n) is 0.0719. The average Bonchev–Trinajstić information content (AvgIpc) is 1.65. The molecule has 0 bridgehead atoms. The van der Waals surface area contributed by atoms with Crippen molar-refractivity contribution in [1.82, 2.24) is 0 Å². The van der Waals surface area contributed by atoms with Gasteiger partial charge in [-0.2, -0.15) is 0 Å². The van der Waals surface area contributed by atoms with Crippen LogP contribution in [0.15, 0.2) is 0 Å². The summed E-state index contributed by atoms with van der Waals surface area (Å²) in [6.45, 7) is 0. The summed E-state index contributed by atoms with van der Waals surface area (Å²) in [7, 11) is -5.81. The first-order valence-electron chi connectivity index (χ1n) is 1.30. The Morgan fingerprint density at radius 1 is 1.33 bits per heavy atom. The van der Waals surface area contributed by atoms with Crippen molar-refractivity contribution in [3.63, 3.8) is 0 Å². The minimum absolute atomic E-state index is 0. The molecule has 0 aliphatic rings. The summed E-state index contributed by atoms with van der Waals surface area (Å²) >= 11 is 0. The maximum Gasteiger partial charge on any atom is 0.778 e. The van der Waals surface area contributed by atoms with Crippen LogP contribution >= 0.6 is 16.5 Å². The predicted octanol–water partition coefficient (Wildman–Crippen LogP) is 1.44. The molecule has 0 aromatic heterocycles. The second kappa shape index (κ2) is 6.16. The minimum atomic E-state index is -2.96. The molecular weight excluding hydrogens is 170 g/mol. The summed E-state index contributed by atoms with van der Waals surface area (Å²) in [6.07, 6.45) is 0. The third kappa shape index (κ3) is 8.04. The van der Waals surface area contributed by atoms with Gasteiger partial charge in [0.05, 0.1) is 4.67 Å². The van der Waals surface area contributed by atoms with Gasteiger partial charge in [-0.25, -0.2) is 5.26 Å². The lowest BCUT2D eigenvalue weighted by molar-refractivity contribution is -0.137. The van der Waals surface area contributed by atoms with Crippen LogP contribution in [0, 0.1) is 0 Å². The molecule has 0 saturated heterocycles. The summed E-state index contributed by atoms with van der Waals surface area (Å²) in [5.41, 5.74) is 0. The van der Waals surface area contributed by atoms with E-state index < -0.39 is 16.5 Å². The fraction of sp³-hybridized carbons (Fsp3) is 1.00. The van der Waals surface area contributed by atoms with Crippen molar-refractivity contribution in [2.75, 3.05) is 0 Å². The monoisotopic (exact) mass is 176 g/mol. The van der Waals surface area contributed by atoms with Gasteiger partial charge in [0.1, 0.15) is 0 Å². The van der Waals surface area contributed by atoms with Crippen LogP contribution in [-0.4, -0.2) is 10.2 Å². The Morgan fingerprint density at radius 2 is 1.78 bits per heavy atom. The second-order valence-corrected chi connectivity index (χ2v) is 2.36. The van der Waals surface area contributed by atoms with E-state index in [2.05, 4.69) is 8.99 Å². The van der Waals surface area contributed by atoms with E-state index in [1.54, 1.807) is 0 Å². The summed E-state index contributed by atoms with van der Waals surface area (Å²) in [6, 6.07) is 0. The smallest absolute Gasteiger partial charge is 0.202 e. The van der Waals surface area contributed by atoms with Crippen LogP contribution in [0.5, 0.6) is 0 Å². The van der Waals surface area contributed by atoms with E-state index in [-0.39, 0.29) is 7.43 Å². The van der Waals surface area contributed by atoms with Gasteiger partial charge in [0.25, 0.3) is 0 Å². The van der Waals surface area contributed by atoms with Gasteiger partial charge in [-0.3, -0.25) is 0 Å². The van der Waals surface area contributed by atoms with E-state index in [0.717, 1.165) is 0 Å². The van der Waals surface area contributed by atoms with Crippen LogP contribution in [0.25, 0.3) is 0 Å². The lowest BCUT2D eigenvalue weighted by Gasteiger charge is -1.59. The van der Waals surface area contributed by atoms with Crippen molar-refractivity contribution in [3.05, 3.63) is 0 Å². The van der Waals surface area contributed by atoms with Gasteiger partial charge in [-0.05, 0) is 0 Å². The molecule has 2 N–H and O–H groups in total. The van der Waals surface area contributed by atoms with Gasteiger partial charge in [-0.15, -0.1) is 4.89 Å². The van der Waals surface area contributed by atoms with Crippen molar-refractivity contribution in [1.29, 1.82) is 0 Å². The Labute approximate surface area is 53.2 Å². The van der Waals surface area contributed by atoms with Gasteiger partial charge >= 0.3 is 16.5 Å². The highest BCUT2D eigenvalue weighted by molar-refractivity contribution is 7.46. The SMILES string of the molecule is C.O=[P+](O)O[P+](=O)OO. The molecule has 0 amide bonds. The predicted molar refractivity (Wildman–Crippen MR) is 29.0 cm³/mol. The zero-order valence-corrected chi connectivity index (χ0v) is 5.21. The maximum atomic E-state index is 9.73. The maximum absolute atomic E-state index is 9.73. The first-order chi connectivity index (χ1) is 3.66. The van der Waals surface area contributed by atoms with E-state index in [0.29, 0.717) is 0 Å². The van der Waals surface area contributed by atoms with Crippen LogP contribution < -0.4 is 0 Å². The zero-order chi connectivity index (χ0) is 6.57. The van der Waals surface area contributed by atoms with E-state index >= 15 is 0 Å². The standard InChI is InChI=1S/CH4.O6P2/c;1-5-8(4)6-7(2)3/h1H4;/p+2. The Kier molecular flexibility index (Phi) is 8.08. The molecule has 2 unspecified atom stereocenters. The lowest BCUT2D eigenvalue weighted by Crippen LogP contribution is -1.67. The first kappa shape index (κ1) is 11.8. The molecule has 0 aliphatic carbocycles. The highest BCUT2D eigenvalue weighted by atomic mass is 31.2. The van der Waals surface area contributed by atoms with Gasteiger partial charge in [0.2, 0.25) is 0 Å². The van der Waals surface area contributed by atoms with E-state index in [1.807, 2.05) is 0 Å².